The molecule has 0 atom stereocenters. The maximum Gasteiger partial charge on any atom is 0.122 e. The maximum absolute atomic E-state index is 5.21. The number of nitrogens with zero attached hydrogens (tertiary/aromatic N) is 1. The molecule has 1 aromatic carbocycles. The van der Waals surface area contributed by atoms with E-state index in [9.17, 15) is 0 Å². The van der Waals surface area contributed by atoms with Gasteiger partial charge in [0.1, 0.15) is 11.5 Å². The highest BCUT2D eigenvalue weighted by molar-refractivity contribution is 5.42. The monoisotopic (exact) mass is 233 g/mol. The first-order valence-electron chi connectivity index (χ1n) is 5.26. The summed E-state index contributed by atoms with van der Waals surface area (Å²) in [6, 6.07) is 5.78. The van der Waals surface area contributed by atoms with Gasteiger partial charge < -0.3 is 14.8 Å². The minimum Gasteiger partial charge on any atom is -0.497 e. The number of hydrogen-bond acceptors (Lipinski definition) is 4. The van der Waals surface area contributed by atoms with E-state index in [2.05, 4.69) is 15.5 Å². The van der Waals surface area contributed by atoms with E-state index in [1.807, 2.05) is 18.2 Å². The van der Waals surface area contributed by atoms with Crippen molar-refractivity contribution in [2.24, 2.45) is 0 Å². The van der Waals surface area contributed by atoms with Gasteiger partial charge in [-0.2, -0.15) is 5.10 Å². The maximum atomic E-state index is 5.21. The zero-order chi connectivity index (χ0) is 12.1. The molecular weight excluding hydrogens is 218 g/mol. The number of H-pyrrole nitrogens is 1. The van der Waals surface area contributed by atoms with Crippen molar-refractivity contribution in [1.29, 1.82) is 0 Å². The van der Waals surface area contributed by atoms with Crippen LogP contribution in [0.4, 0.5) is 5.69 Å². The van der Waals surface area contributed by atoms with Crippen LogP contribution < -0.4 is 14.8 Å². The Bertz CT molecular complexity index is 446. The molecule has 1 heterocycles. The molecule has 0 saturated carbocycles. The van der Waals surface area contributed by atoms with Crippen LogP contribution in [0.1, 0.15) is 5.56 Å². The number of benzene rings is 1. The van der Waals surface area contributed by atoms with Gasteiger partial charge >= 0.3 is 0 Å². The van der Waals surface area contributed by atoms with Crippen molar-refractivity contribution in [2.75, 3.05) is 19.5 Å². The Hall–Kier alpha value is -2.17. The van der Waals surface area contributed by atoms with Crippen molar-refractivity contribution in [3.05, 3.63) is 36.2 Å². The normalized spacial score (nSPS) is 10.0. The number of ether oxygens (including phenoxy) is 2. The third-order valence-corrected chi connectivity index (χ3v) is 2.41. The Kier molecular flexibility index (Phi) is 3.49. The van der Waals surface area contributed by atoms with Gasteiger partial charge in [-0.3, -0.25) is 5.10 Å². The summed E-state index contributed by atoms with van der Waals surface area (Å²) >= 11 is 0. The second-order valence-corrected chi connectivity index (χ2v) is 3.56. The number of nitrogens with one attached hydrogen (secondary N) is 2. The predicted octanol–water partition coefficient (Wildman–Crippen LogP) is 2.04. The highest BCUT2D eigenvalue weighted by Crippen LogP contribution is 2.22. The Morgan fingerprint density at radius 2 is 1.88 bits per heavy atom. The van der Waals surface area contributed by atoms with Gasteiger partial charge in [-0.1, -0.05) is 0 Å². The van der Waals surface area contributed by atoms with Crippen LogP contribution in [0, 0.1) is 0 Å². The second kappa shape index (κ2) is 5.25. The van der Waals surface area contributed by atoms with Gasteiger partial charge in [0.2, 0.25) is 0 Å². The summed E-state index contributed by atoms with van der Waals surface area (Å²) in [4.78, 5) is 0. The molecule has 90 valence electrons. The highest BCUT2D eigenvalue weighted by Gasteiger charge is 2.02. The molecular formula is C12H15N3O2. The van der Waals surface area contributed by atoms with E-state index in [0.717, 1.165) is 22.7 Å². The first-order chi connectivity index (χ1) is 8.31. The van der Waals surface area contributed by atoms with Crippen LogP contribution in [0.5, 0.6) is 11.5 Å². The number of aromatic amines is 1. The van der Waals surface area contributed by atoms with Crippen LogP contribution in [0.25, 0.3) is 0 Å². The second-order valence-electron chi connectivity index (χ2n) is 3.56. The molecule has 0 amide bonds. The lowest BCUT2D eigenvalue weighted by molar-refractivity contribution is 0.393. The highest BCUT2D eigenvalue weighted by atomic mass is 16.5. The molecule has 2 aromatic rings. The summed E-state index contributed by atoms with van der Waals surface area (Å²) in [5.74, 6) is 1.57. The average molecular weight is 233 g/mol. The molecule has 5 heteroatoms. The SMILES string of the molecule is COc1cc(CNc2cn[nH]c2)cc(OC)c1. The molecule has 0 spiro atoms. The number of aromatic nitrogens is 2. The van der Waals surface area contributed by atoms with Gasteiger partial charge in [-0.05, 0) is 17.7 Å². The topological polar surface area (TPSA) is 59.2 Å². The molecule has 17 heavy (non-hydrogen) atoms. The molecule has 0 unspecified atom stereocenters. The van der Waals surface area contributed by atoms with Gasteiger partial charge in [0.25, 0.3) is 0 Å². The zero-order valence-electron chi connectivity index (χ0n) is 9.86. The lowest BCUT2D eigenvalue weighted by Gasteiger charge is -2.09. The van der Waals surface area contributed by atoms with Gasteiger partial charge in [0.05, 0.1) is 26.1 Å². The van der Waals surface area contributed by atoms with E-state index in [4.69, 9.17) is 9.47 Å². The molecule has 1 aromatic heterocycles. The van der Waals surface area contributed by atoms with E-state index in [0.29, 0.717) is 6.54 Å². The van der Waals surface area contributed by atoms with Crippen molar-refractivity contribution in [3.8, 4) is 11.5 Å². The fraction of sp³-hybridized carbons (Fsp3) is 0.250. The fourth-order valence-electron chi connectivity index (χ4n) is 1.52. The van der Waals surface area contributed by atoms with Crippen LogP contribution in [0.2, 0.25) is 0 Å². The molecule has 2 N–H and O–H groups in total. The van der Waals surface area contributed by atoms with E-state index in [-0.39, 0.29) is 0 Å². The Labute approximate surface area is 99.8 Å². The average Bonchev–Trinajstić information content (AvgIpc) is 2.89. The lowest BCUT2D eigenvalue weighted by atomic mass is 10.2. The van der Waals surface area contributed by atoms with Crippen LogP contribution >= 0.6 is 0 Å². The smallest absolute Gasteiger partial charge is 0.122 e. The zero-order valence-corrected chi connectivity index (χ0v) is 9.86. The van der Waals surface area contributed by atoms with Gasteiger partial charge in [-0.25, -0.2) is 0 Å². The van der Waals surface area contributed by atoms with Gasteiger partial charge in [0, 0.05) is 18.8 Å². The van der Waals surface area contributed by atoms with Gasteiger partial charge in [0.15, 0.2) is 0 Å². The first-order valence-corrected chi connectivity index (χ1v) is 5.26. The minimum absolute atomic E-state index is 0.688. The van der Waals surface area contributed by atoms with Crippen molar-refractivity contribution in [3.63, 3.8) is 0 Å². The van der Waals surface area contributed by atoms with Crippen molar-refractivity contribution in [1.82, 2.24) is 10.2 Å². The number of methoxy groups -OCH3 is 2. The quantitative estimate of drug-likeness (QED) is 0.829. The number of hydrogen-bond donors (Lipinski definition) is 2. The van der Waals surface area contributed by atoms with Crippen LogP contribution in [0.3, 0.4) is 0 Å². The summed E-state index contributed by atoms with van der Waals surface area (Å²) in [5.41, 5.74) is 2.04. The Morgan fingerprint density at radius 1 is 1.18 bits per heavy atom. The van der Waals surface area contributed by atoms with Crippen LogP contribution in [-0.4, -0.2) is 24.4 Å². The molecule has 0 radical (unpaired) electrons. The largest absolute Gasteiger partial charge is 0.497 e. The van der Waals surface area contributed by atoms with Crippen LogP contribution in [0.15, 0.2) is 30.6 Å². The summed E-state index contributed by atoms with van der Waals surface area (Å²) in [6.07, 6.45) is 3.54. The summed E-state index contributed by atoms with van der Waals surface area (Å²) in [7, 11) is 3.28. The molecule has 0 saturated heterocycles. The standard InChI is InChI=1S/C12H15N3O2/c1-16-11-3-9(4-12(5-11)17-2)6-13-10-7-14-15-8-10/h3-5,7-8,13H,6H2,1-2H3,(H,14,15). The molecule has 0 aliphatic heterocycles. The summed E-state index contributed by atoms with van der Waals surface area (Å²) in [5, 5.41) is 9.85. The van der Waals surface area contributed by atoms with Crippen molar-refractivity contribution >= 4 is 5.69 Å². The minimum atomic E-state index is 0.688. The molecule has 5 nitrogen and oxygen atoms in total. The molecule has 0 fully saturated rings. The lowest BCUT2D eigenvalue weighted by Crippen LogP contribution is -1.99. The molecule has 0 aliphatic carbocycles. The predicted molar refractivity (Wildman–Crippen MR) is 65.5 cm³/mol. The van der Waals surface area contributed by atoms with Crippen LogP contribution in [-0.2, 0) is 6.54 Å². The third kappa shape index (κ3) is 2.90. The summed E-state index contributed by atoms with van der Waals surface area (Å²) < 4.78 is 10.4. The van der Waals surface area contributed by atoms with E-state index < -0.39 is 0 Å². The number of rotatable bonds is 5. The van der Waals surface area contributed by atoms with Gasteiger partial charge in [-0.15, -0.1) is 0 Å². The van der Waals surface area contributed by atoms with Crippen molar-refractivity contribution < 1.29 is 9.47 Å². The molecule has 0 bridgehead atoms. The first kappa shape index (κ1) is 11.3. The van der Waals surface area contributed by atoms with E-state index in [1.165, 1.54) is 0 Å². The number of anilines is 1. The Morgan fingerprint density at radius 3 is 2.41 bits per heavy atom. The van der Waals surface area contributed by atoms with E-state index in [1.54, 1.807) is 26.6 Å². The molecule has 0 aliphatic rings. The van der Waals surface area contributed by atoms with E-state index >= 15 is 0 Å². The third-order valence-electron chi connectivity index (χ3n) is 2.41. The summed E-state index contributed by atoms with van der Waals surface area (Å²) in [6.45, 7) is 0.688. The fourth-order valence-corrected chi connectivity index (χ4v) is 1.52. The molecule has 2 rings (SSSR count). The van der Waals surface area contributed by atoms with Crippen molar-refractivity contribution in [2.45, 2.75) is 6.54 Å². The Balaban J connectivity index is 2.09.